The molecule has 5 heteroatoms. The van der Waals surface area contributed by atoms with Crippen LogP contribution in [0.1, 0.15) is 54.8 Å². The van der Waals surface area contributed by atoms with E-state index in [1.807, 2.05) is 36.4 Å². The Kier molecular flexibility index (Phi) is 5.56. The van der Waals surface area contributed by atoms with Gasteiger partial charge in [0.1, 0.15) is 5.75 Å². The first-order chi connectivity index (χ1) is 14.1. The maximum atomic E-state index is 12.7. The van der Waals surface area contributed by atoms with Crippen molar-refractivity contribution in [3.63, 3.8) is 0 Å². The van der Waals surface area contributed by atoms with E-state index in [0.717, 1.165) is 30.6 Å². The molecule has 2 N–H and O–H groups in total. The van der Waals surface area contributed by atoms with Gasteiger partial charge in [0.2, 0.25) is 11.8 Å². The summed E-state index contributed by atoms with van der Waals surface area (Å²) < 4.78 is 5.32. The van der Waals surface area contributed by atoms with Crippen molar-refractivity contribution < 1.29 is 14.3 Å². The van der Waals surface area contributed by atoms with Crippen LogP contribution in [-0.4, -0.2) is 24.5 Å². The monoisotopic (exact) mass is 392 g/mol. The molecule has 0 aromatic heterocycles. The second-order valence-electron chi connectivity index (χ2n) is 8.21. The molecule has 1 heterocycles. The molecule has 1 aliphatic carbocycles. The summed E-state index contributed by atoms with van der Waals surface area (Å²) in [5.74, 6) is 0.926. The lowest BCUT2D eigenvalue weighted by molar-refractivity contribution is -0.123. The molecule has 0 bridgehead atoms. The van der Waals surface area contributed by atoms with Gasteiger partial charge in [-0.3, -0.25) is 9.59 Å². The minimum atomic E-state index is -0.367. The molecular formula is C24H28N2O3. The van der Waals surface area contributed by atoms with Gasteiger partial charge in [0.15, 0.2) is 0 Å². The molecule has 0 saturated carbocycles. The number of carbonyl (C=O) groups excluding carboxylic acids is 2. The topological polar surface area (TPSA) is 67.4 Å². The fourth-order valence-corrected chi connectivity index (χ4v) is 4.68. The zero-order chi connectivity index (χ0) is 20.3. The Morgan fingerprint density at radius 3 is 2.86 bits per heavy atom. The van der Waals surface area contributed by atoms with Gasteiger partial charge in [-0.25, -0.2) is 0 Å². The highest BCUT2D eigenvalue weighted by molar-refractivity contribution is 5.80. The van der Waals surface area contributed by atoms with E-state index in [0.29, 0.717) is 25.7 Å². The Bertz CT molecular complexity index is 911. The summed E-state index contributed by atoms with van der Waals surface area (Å²) >= 11 is 0. The highest BCUT2D eigenvalue weighted by Crippen LogP contribution is 2.32. The number of aryl methyl sites for hydroxylation is 1. The maximum Gasteiger partial charge on any atom is 0.220 e. The Labute approximate surface area is 171 Å². The number of fused-ring (bicyclic) bond motifs is 1. The number of benzene rings is 2. The van der Waals surface area contributed by atoms with Crippen LogP contribution in [0.15, 0.2) is 48.5 Å². The van der Waals surface area contributed by atoms with Gasteiger partial charge in [-0.2, -0.15) is 0 Å². The molecule has 5 nitrogen and oxygen atoms in total. The second-order valence-corrected chi connectivity index (χ2v) is 8.21. The highest BCUT2D eigenvalue weighted by atomic mass is 16.5. The van der Waals surface area contributed by atoms with Gasteiger partial charge in [0, 0.05) is 18.4 Å². The van der Waals surface area contributed by atoms with E-state index >= 15 is 0 Å². The maximum absolute atomic E-state index is 12.7. The largest absolute Gasteiger partial charge is 0.497 e. The molecule has 2 aromatic carbocycles. The summed E-state index contributed by atoms with van der Waals surface area (Å²) in [6.07, 6.45) is 4.98. The molecule has 0 spiro atoms. The van der Waals surface area contributed by atoms with Crippen LogP contribution in [0.2, 0.25) is 0 Å². The standard InChI is InChI=1S/C24H28N2O3/c1-29-19-7-4-5-17(15-19)16-24(14-12-23(28)26-24)13-11-22(27)25-21-10-9-18-6-2-3-8-20(18)21/h2-8,15,21H,9-14,16H2,1H3,(H,25,27)(H,26,28)/t21-,24-/m1/s1. The van der Waals surface area contributed by atoms with Gasteiger partial charge in [-0.15, -0.1) is 0 Å². The fraction of sp³-hybridized carbons (Fsp3) is 0.417. The van der Waals surface area contributed by atoms with E-state index in [9.17, 15) is 9.59 Å². The van der Waals surface area contributed by atoms with E-state index in [-0.39, 0.29) is 23.4 Å². The van der Waals surface area contributed by atoms with Crippen molar-refractivity contribution in [1.29, 1.82) is 0 Å². The Hall–Kier alpha value is -2.82. The van der Waals surface area contributed by atoms with E-state index in [1.54, 1.807) is 7.11 Å². The van der Waals surface area contributed by atoms with Crippen molar-refractivity contribution >= 4 is 11.8 Å². The lowest BCUT2D eigenvalue weighted by Crippen LogP contribution is -2.44. The third-order valence-electron chi connectivity index (χ3n) is 6.21. The molecule has 4 rings (SSSR count). The predicted octanol–water partition coefficient (Wildman–Crippen LogP) is 3.47. The number of hydrogen-bond acceptors (Lipinski definition) is 3. The first-order valence-electron chi connectivity index (χ1n) is 10.4. The number of hydrogen-bond donors (Lipinski definition) is 2. The van der Waals surface area contributed by atoms with Crippen LogP contribution in [0.4, 0.5) is 0 Å². The van der Waals surface area contributed by atoms with Gasteiger partial charge in [0.05, 0.1) is 13.2 Å². The van der Waals surface area contributed by atoms with Crippen LogP contribution in [-0.2, 0) is 22.4 Å². The fourth-order valence-electron chi connectivity index (χ4n) is 4.68. The van der Waals surface area contributed by atoms with E-state index in [1.165, 1.54) is 11.1 Å². The second kappa shape index (κ2) is 8.27. The summed E-state index contributed by atoms with van der Waals surface area (Å²) in [4.78, 5) is 24.7. The van der Waals surface area contributed by atoms with Gasteiger partial charge in [-0.1, -0.05) is 36.4 Å². The van der Waals surface area contributed by atoms with Gasteiger partial charge >= 0.3 is 0 Å². The molecule has 0 unspecified atom stereocenters. The smallest absolute Gasteiger partial charge is 0.220 e. The van der Waals surface area contributed by atoms with Crippen molar-refractivity contribution in [2.45, 2.75) is 56.5 Å². The van der Waals surface area contributed by atoms with Gasteiger partial charge in [-0.05, 0) is 60.9 Å². The first-order valence-corrected chi connectivity index (χ1v) is 10.4. The predicted molar refractivity (Wildman–Crippen MR) is 112 cm³/mol. The summed E-state index contributed by atoms with van der Waals surface area (Å²) in [6.45, 7) is 0. The molecule has 2 aliphatic rings. The molecule has 2 amide bonds. The third kappa shape index (κ3) is 4.44. The lowest BCUT2D eigenvalue weighted by atomic mass is 9.85. The van der Waals surface area contributed by atoms with E-state index < -0.39 is 0 Å². The van der Waals surface area contributed by atoms with Crippen LogP contribution in [0.3, 0.4) is 0 Å². The number of ether oxygens (including phenoxy) is 1. The average molecular weight is 392 g/mol. The first kappa shape index (κ1) is 19.5. The molecule has 1 fully saturated rings. The Morgan fingerprint density at radius 1 is 1.21 bits per heavy atom. The van der Waals surface area contributed by atoms with Crippen molar-refractivity contribution in [3.05, 3.63) is 65.2 Å². The summed E-state index contributed by atoms with van der Waals surface area (Å²) in [5, 5.41) is 6.36. The molecule has 1 aliphatic heterocycles. The number of rotatable bonds is 7. The van der Waals surface area contributed by atoms with Crippen molar-refractivity contribution in [2.24, 2.45) is 0 Å². The average Bonchev–Trinajstić information content (AvgIpc) is 3.31. The summed E-state index contributed by atoms with van der Waals surface area (Å²) in [6, 6.07) is 16.3. The van der Waals surface area contributed by atoms with Crippen molar-refractivity contribution in [1.82, 2.24) is 10.6 Å². The lowest BCUT2D eigenvalue weighted by Gasteiger charge is -2.29. The number of nitrogens with one attached hydrogen (secondary N) is 2. The van der Waals surface area contributed by atoms with Gasteiger partial charge in [0.25, 0.3) is 0 Å². The number of methoxy groups -OCH3 is 1. The zero-order valence-electron chi connectivity index (χ0n) is 16.9. The number of carbonyl (C=O) groups is 2. The quantitative estimate of drug-likeness (QED) is 0.758. The molecule has 0 radical (unpaired) electrons. The van der Waals surface area contributed by atoms with Crippen LogP contribution in [0, 0.1) is 0 Å². The molecular weight excluding hydrogens is 364 g/mol. The van der Waals surface area contributed by atoms with Gasteiger partial charge < -0.3 is 15.4 Å². The van der Waals surface area contributed by atoms with Crippen LogP contribution in [0.5, 0.6) is 5.75 Å². The molecule has 1 saturated heterocycles. The minimum absolute atomic E-state index is 0.0536. The molecule has 2 atom stereocenters. The van der Waals surface area contributed by atoms with E-state index in [4.69, 9.17) is 4.74 Å². The minimum Gasteiger partial charge on any atom is -0.497 e. The van der Waals surface area contributed by atoms with Crippen molar-refractivity contribution in [2.75, 3.05) is 7.11 Å². The molecule has 2 aromatic rings. The highest BCUT2D eigenvalue weighted by Gasteiger charge is 2.38. The normalized spacial score (nSPS) is 22.8. The SMILES string of the molecule is COc1cccc(C[C@@]2(CCC(=O)N[C@@H]3CCc4ccccc43)CCC(=O)N2)c1. The molecule has 152 valence electrons. The number of amides is 2. The van der Waals surface area contributed by atoms with Crippen LogP contribution in [0.25, 0.3) is 0 Å². The Morgan fingerprint density at radius 2 is 2.07 bits per heavy atom. The Balaban J connectivity index is 1.40. The van der Waals surface area contributed by atoms with Crippen molar-refractivity contribution in [3.8, 4) is 5.75 Å². The van der Waals surface area contributed by atoms with E-state index in [2.05, 4.69) is 22.8 Å². The summed E-state index contributed by atoms with van der Waals surface area (Å²) in [5.41, 5.74) is 3.31. The van der Waals surface area contributed by atoms with Crippen LogP contribution < -0.4 is 15.4 Å². The van der Waals surface area contributed by atoms with Crippen LogP contribution >= 0.6 is 0 Å². The molecule has 29 heavy (non-hydrogen) atoms. The summed E-state index contributed by atoms with van der Waals surface area (Å²) in [7, 11) is 1.65. The zero-order valence-corrected chi connectivity index (χ0v) is 16.9. The third-order valence-corrected chi connectivity index (χ3v) is 6.21.